The van der Waals surface area contributed by atoms with Gasteiger partial charge in [-0.05, 0) is 65.4 Å². The molecule has 0 saturated carbocycles. The van der Waals surface area contributed by atoms with Crippen LogP contribution in [-0.2, 0) is 0 Å². The molecule has 0 amide bonds. The van der Waals surface area contributed by atoms with Gasteiger partial charge in [-0.2, -0.15) is 0 Å². The summed E-state index contributed by atoms with van der Waals surface area (Å²) in [4.78, 5) is 0. The summed E-state index contributed by atoms with van der Waals surface area (Å²) in [5, 5.41) is 4.21. The molecule has 178 valence electrons. The van der Waals surface area contributed by atoms with Crippen molar-refractivity contribution in [3.63, 3.8) is 0 Å². The Morgan fingerprint density at radius 3 is 1.77 bits per heavy atom. The third-order valence-electron chi connectivity index (χ3n) is 6.49. The first-order valence-corrected chi connectivity index (χ1v) is 14.5. The average molecular weight is 477 g/mol. The lowest BCUT2D eigenvalue weighted by molar-refractivity contribution is 0.800. The van der Waals surface area contributed by atoms with Crippen LogP contribution in [0.25, 0.3) is 16.7 Å². The fraction of sp³-hybridized carbons (Fsp3) is 0.235. The molecule has 4 aromatic carbocycles. The minimum Gasteiger partial charge on any atom is -0.0807 e. The maximum absolute atomic E-state index is 2.51. The van der Waals surface area contributed by atoms with Gasteiger partial charge in [-0.25, -0.2) is 0 Å². The molecule has 0 N–H and O–H groups in total. The second kappa shape index (κ2) is 13.2. The van der Waals surface area contributed by atoms with Crippen molar-refractivity contribution in [3.05, 3.63) is 121 Å². The van der Waals surface area contributed by atoms with Gasteiger partial charge in [0.15, 0.2) is 0 Å². The van der Waals surface area contributed by atoms with E-state index in [0.29, 0.717) is 0 Å². The van der Waals surface area contributed by atoms with Gasteiger partial charge in [0.25, 0.3) is 0 Å². The van der Waals surface area contributed by atoms with Crippen molar-refractivity contribution in [2.24, 2.45) is 0 Å². The van der Waals surface area contributed by atoms with Crippen LogP contribution in [0, 0.1) is 0 Å². The van der Waals surface area contributed by atoms with Crippen LogP contribution in [0.15, 0.2) is 115 Å². The van der Waals surface area contributed by atoms with Gasteiger partial charge in [0.05, 0.1) is 0 Å². The van der Waals surface area contributed by atoms with Crippen LogP contribution in [0.5, 0.6) is 0 Å². The fourth-order valence-electron chi connectivity index (χ4n) is 4.67. The van der Waals surface area contributed by atoms with E-state index in [-0.39, 0.29) is 0 Å². The van der Waals surface area contributed by atoms with Crippen LogP contribution in [-0.4, -0.2) is 0 Å². The Labute approximate surface area is 213 Å². The van der Waals surface area contributed by atoms with Gasteiger partial charge in [0.2, 0.25) is 0 Å². The van der Waals surface area contributed by atoms with Crippen LogP contribution in [0.2, 0.25) is 0 Å². The van der Waals surface area contributed by atoms with E-state index < -0.39 is 7.92 Å². The van der Waals surface area contributed by atoms with Crippen LogP contribution in [0.3, 0.4) is 0 Å². The van der Waals surface area contributed by atoms with Crippen molar-refractivity contribution in [3.8, 4) is 11.1 Å². The number of unbranched alkanes of at least 4 members (excludes halogenated alkanes) is 3. The highest BCUT2D eigenvalue weighted by Crippen LogP contribution is 2.39. The van der Waals surface area contributed by atoms with E-state index >= 15 is 0 Å². The average Bonchev–Trinajstić information content (AvgIpc) is 2.92. The van der Waals surface area contributed by atoms with Gasteiger partial charge in [-0.3, -0.25) is 0 Å². The summed E-state index contributed by atoms with van der Waals surface area (Å²) >= 11 is 0. The predicted octanol–water partition coefficient (Wildman–Crippen LogP) is 8.88. The van der Waals surface area contributed by atoms with E-state index in [1.54, 1.807) is 0 Å². The second-order valence-electron chi connectivity index (χ2n) is 9.04. The maximum atomic E-state index is 2.51. The molecule has 0 fully saturated rings. The monoisotopic (exact) mass is 476 g/mol. The molecular weight excluding hydrogens is 439 g/mol. The third-order valence-corrected chi connectivity index (χ3v) is 8.99. The van der Waals surface area contributed by atoms with Crippen LogP contribution in [0.1, 0.15) is 57.9 Å². The Morgan fingerprint density at radius 1 is 0.600 bits per heavy atom. The van der Waals surface area contributed by atoms with Gasteiger partial charge >= 0.3 is 0 Å². The minimum absolute atomic E-state index is 0.666. The molecule has 0 heterocycles. The molecule has 0 atom stereocenters. The topological polar surface area (TPSA) is 0 Å². The Hall–Kier alpha value is -2.95. The first-order valence-electron chi connectivity index (χ1n) is 13.1. The van der Waals surface area contributed by atoms with Gasteiger partial charge in [0, 0.05) is 0 Å². The molecule has 35 heavy (non-hydrogen) atoms. The SMILES string of the molecule is CCCC/C=C(\CCCC)c1ccccc1-c1ccccc1P(c1ccccc1)c1ccccc1. The van der Waals surface area contributed by atoms with Gasteiger partial charge in [-0.15, -0.1) is 0 Å². The largest absolute Gasteiger partial charge is 0.0807 e. The summed E-state index contributed by atoms with van der Waals surface area (Å²) in [7, 11) is -0.666. The molecule has 4 rings (SSSR count). The van der Waals surface area contributed by atoms with Crippen molar-refractivity contribution in [1.29, 1.82) is 0 Å². The molecule has 0 aliphatic carbocycles. The molecule has 4 aromatic rings. The number of hydrogen-bond acceptors (Lipinski definition) is 0. The summed E-state index contributed by atoms with van der Waals surface area (Å²) < 4.78 is 0. The van der Waals surface area contributed by atoms with E-state index in [2.05, 4.69) is 129 Å². The van der Waals surface area contributed by atoms with Crippen LogP contribution < -0.4 is 15.9 Å². The summed E-state index contributed by atoms with van der Waals surface area (Å²) in [6.45, 7) is 4.57. The molecule has 0 radical (unpaired) electrons. The molecule has 0 nitrogen and oxygen atoms in total. The molecule has 0 aliphatic heterocycles. The fourth-order valence-corrected chi connectivity index (χ4v) is 7.14. The van der Waals surface area contributed by atoms with E-state index in [1.807, 2.05) is 0 Å². The van der Waals surface area contributed by atoms with E-state index in [0.717, 1.165) is 12.8 Å². The van der Waals surface area contributed by atoms with Gasteiger partial charge in [0.1, 0.15) is 0 Å². The molecule has 1 heteroatoms. The van der Waals surface area contributed by atoms with Crippen molar-refractivity contribution < 1.29 is 0 Å². The minimum atomic E-state index is -0.666. The molecular formula is C34H37P. The molecule has 0 spiro atoms. The Morgan fingerprint density at radius 2 is 1.14 bits per heavy atom. The van der Waals surface area contributed by atoms with Gasteiger partial charge in [-0.1, -0.05) is 148 Å². The van der Waals surface area contributed by atoms with Crippen LogP contribution in [0.4, 0.5) is 0 Å². The highest BCUT2D eigenvalue weighted by atomic mass is 31.1. The summed E-state index contributed by atoms with van der Waals surface area (Å²) in [5.41, 5.74) is 5.64. The lowest BCUT2D eigenvalue weighted by Gasteiger charge is -2.24. The highest BCUT2D eigenvalue weighted by molar-refractivity contribution is 7.80. The summed E-state index contributed by atoms with van der Waals surface area (Å²) in [5.74, 6) is 0. The summed E-state index contributed by atoms with van der Waals surface area (Å²) in [6.07, 6.45) is 9.75. The number of rotatable bonds is 11. The first kappa shape index (κ1) is 25.2. The standard InChI is InChI=1S/C34H37P/c1-3-5-9-19-28(18-6-4-2)31-24-14-15-25-32(31)33-26-16-17-27-34(33)35(29-20-10-7-11-21-29)30-22-12-8-13-23-30/h7-8,10-17,19-27H,3-6,9,18H2,1-2H3/b28-19+. The zero-order valence-corrected chi connectivity index (χ0v) is 22.1. The third kappa shape index (κ3) is 6.39. The van der Waals surface area contributed by atoms with Crippen molar-refractivity contribution in [2.45, 2.75) is 52.4 Å². The molecule has 0 bridgehead atoms. The Bertz CT molecular complexity index is 1170. The second-order valence-corrected chi connectivity index (χ2v) is 11.2. The van der Waals surface area contributed by atoms with Crippen molar-refractivity contribution in [1.82, 2.24) is 0 Å². The normalized spacial score (nSPS) is 11.7. The van der Waals surface area contributed by atoms with Gasteiger partial charge < -0.3 is 0 Å². The molecule has 0 aromatic heterocycles. The lowest BCUT2D eigenvalue weighted by Crippen LogP contribution is -2.22. The zero-order valence-electron chi connectivity index (χ0n) is 21.2. The number of allylic oxidation sites excluding steroid dienone is 2. The molecule has 0 aliphatic rings. The first-order chi connectivity index (χ1) is 17.3. The summed E-state index contributed by atoms with van der Waals surface area (Å²) in [6, 6.07) is 40.2. The maximum Gasteiger partial charge on any atom is -0.00724 e. The van der Waals surface area contributed by atoms with Crippen molar-refractivity contribution >= 4 is 29.4 Å². The molecule has 0 saturated heterocycles. The van der Waals surface area contributed by atoms with E-state index in [9.17, 15) is 0 Å². The highest BCUT2D eigenvalue weighted by Gasteiger charge is 2.21. The van der Waals surface area contributed by atoms with E-state index in [1.165, 1.54) is 63.9 Å². The zero-order chi connectivity index (χ0) is 24.3. The Balaban J connectivity index is 1.87. The quantitative estimate of drug-likeness (QED) is 0.150. The predicted molar refractivity (Wildman–Crippen MR) is 158 cm³/mol. The lowest BCUT2D eigenvalue weighted by atomic mass is 9.91. The van der Waals surface area contributed by atoms with Crippen LogP contribution >= 0.6 is 7.92 Å². The molecule has 0 unspecified atom stereocenters. The number of benzene rings is 4. The smallest absolute Gasteiger partial charge is 0.00724 e. The Kier molecular flexibility index (Phi) is 9.50. The number of hydrogen-bond donors (Lipinski definition) is 0. The van der Waals surface area contributed by atoms with Crippen molar-refractivity contribution in [2.75, 3.05) is 0 Å². The van der Waals surface area contributed by atoms with E-state index in [4.69, 9.17) is 0 Å².